The Kier molecular flexibility index (Phi) is 5.42. The molecule has 2 aromatic heterocycles. The van der Waals surface area contributed by atoms with Gasteiger partial charge in [0, 0.05) is 50.8 Å². The van der Waals surface area contributed by atoms with E-state index in [4.69, 9.17) is 0 Å². The Morgan fingerprint density at radius 2 is 1.63 bits per heavy atom. The first-order valence-corrected chi connectivity index (χ1v) is 9.65. The van der Waals surface area contributed by atoms with Gasteiger partial charge in [-0.2, -0.15) is 0 Å². The predicted octanol–water partition coefficient (Wildman–Crippen LogP) is 5.51. The summed E-state index contributed by atoms with van der Waals surface area (Å²) in [6.45, 7) is 4.32. The Morgan fingerprint density at radius 1 is 0.900 bits per heavy atom. The maximum absolute atomic E-state index is 4.65. The zero-order valence-electron chi connectivity index (χ0n) is 17.1. The van der Waals surface area contributed by atoms with Gasteiger partial charge in [-0.15, -0.1) is 23.8 Å². The van der Waals surface area contributed by atoms with Gasteiger partial charge in [0.25, 0.3) is 0 Å². The Balaban J connectivity index is 0.00000218. The fourth-order valence-corrected chi connectivity index (χ4v) is 4.01. The van der Waals surface area contributed by atoms with Crippen LogP contribution in [-0.4, -0.2) is 19.1 Å². The first-order valence-electron chi connectivity index (χ1n) is 9.65. The van der Waals surface area contributed by atoms with Crippen molar-refractivity contribution in [3.05, 3.63) is 90.5 Å². The van der Waals surface area contributed by atoms with Crippen LogP contribution in [0.2, 0.25) is 0 Å². The fraction of sp³-hybridized carbons (Fsp3) is 0.120. The van der Waals surface area contributed by atoms with Gasteiger partial charge in [0.15, 0.2) is 0 Å². The minimum Gasteiger partial charge on any atom is -0.352 e. The summed E-state index contributed by atoms with van der Waals surface area (Å²) in [5, 5.41) is 0. The number of rotatable bonds is 3. The summed E-state index contributed by atoms with van der Waals surface area (Å²) in [5.74, 6) is 0.881. The number of imidazole rings is 2. The van der Waals surface area contributed by atoms with Gasteiger partial charge in [-0.05, 0) is 53.8 Å². The van der Waals surface area contributed by atoms with E-state index in [9.17, 15) is 0 Å². The molecule has 0 bridgehead atoms. The van der Waals surface area contributed by atoms with Crippen molar-refractivity contribution in [2.75, 3.05) is 0 Å². The van der Waals surface area contributed by atoms with E-state index in [2.05, 4.69) is 76.9 Å². The minimum absolute atomic E-state index is 0. The molecule has 0 N–H and O–H groups in total. The third-order valence-electron chi connectivity index (χ3n) is 5.38. The summed E-state index contributed by atoms with van der Waals surface area (Å²) in [7, 11) is 2.00. The molecular formula is C25H21IrN4-. The number of aryl methyl sites for hydroxylation is 3. The predicted molar refractivity (Wildman–Crippen MR) is 117 cm³/mol. The third kappa shape index (κ3) is 3.40. The Bertz CT molecular complexity index is 1310. The molecule has 3 aromatic carbocycles. The van der Waals surface area contributed by atoms with Crippen molar-refractivity contribution in [3.63, 3.8) is 0 Å². The molecular weight excluding hydrogens is 549 g/mol. The van der Waals surface area contributed by atoms with E-state index < -0.39 is 0 Å². The number of benzene rings is 3. The first kappa shape index (κ1) is 20.3. The normalized spacial score (nSPS) is 10.9. The summed E-state index contributed by atoms with van der Waals surface area (Å²) in [5.41, 5.74) is 9.01. The molecule has 0 amide bonds. The summed E-state index contributed by atoms with van der Waals surface area (Å²) < 4.78 is 4.18. The molecule has 0 aliphatic carbocycles. The van der Waals surface area contributed by atoms with Gasteiger partial charge in [-0.3, -0.25) is 9.97 Å². The molecule has 5 rings (SSSR count). The molecule has 0 aliphatic rings. The number of hydrogen-bond acceptors (Lipinski definition) is 2. The van der Waals surface area contributed by atoms with Gasteiger partial charge >= 0.3 is 0 Å². The molecule has 0 unspecified atom stereocenters. The number of nitrogens with zero attached hydrogens (tertiary/aromatic N) is 4. The SMILES string of the molecule is Cc1cc(-c2ccccc2)cc(C)c1-n1ccnc1-c1[c-]cc2ncn(C)c2c1.[Ir]. The van der Waals surface area contributed by atoms with Crippen LogP contribution in [-0.2, 0) is 27.2 Å². The molecule has 4 nitrogen and oxygen atoms in total. The van der Waals surface area contributed by atoms with E-state index in [1.807, 2.05) is 42.5 Å². The average molecular weight is 570 g/mol. The zero-order valence-corrected chi connectivity index (χ0v) is 19.4. The van der Waals surface area contributed by atoms with Crippen LogP contribution in [0.25, 0.3) is 39.2 Å². The van der Waals surface area contributed by atoms with Crippen molar-refractivity contribution >= 4 is 11.0 Å². The molecule has 1 radical (unpaired) electrons. The second-order valence-corrected chi connectivity index (χ2v) is 7.42. The van der Waals surface area contributed by atoms with Gasteiger partial charge in [0.2, 0.25) is 0 Å². The average Bonchev–Trinajstić information content (AvgIpc) is 3.35. The van der Waals surface area contributed by atoms with Crippen LogP contribution in [0.1, 0.15) is 11.1 Å². The van der Waals surface area contributed by atoms with Crippen molar-refractivity contribution in [2.45, 2.75) is 13.8 Å². The van der Waals surface area contributed by atoms with E-state index in [-0.39, 0.29) is 20.1 Å². The smallest absolute Gasteiger partial charge is 0.0833 e. The van der Waals surface area contributed by atoms with Gasteiger partial charge in [0.05, 0.1) is 12.2 Å². The number of hydrogen-bond donors (Lipinski definition) is 0. The second-order valence-electron chi connectivity index (χ2n) is 7.42. The van der Waals surface area contributed by atoms with E-state index in [0.29, 0.717) is 0 Å². The van der Waals surface area contributed by atoms with Gasteiger partial charge in [-0.1, -0.05) is 30.3 Å². The summed E-state index contributed by atoms with van der Waals surface area (Å²) in [6.07, 6.45) is 5.69. The molecule has 0 saturated carbocycles. The molecule has 2 heterocycles. The van der Waals surface area contributed by atoms with Crippen LogP contribution in [0.3, 0.4) is 0 Å². The Morgan fingerprint density at radius 3 is 2.37 bits per heavy atom. The fourth-order valence-electron chi connectivity index (χ4n) is 4.01. The minimum atomic E-state index is 0. The van der Waals surface area contributed by atoms with Gasteiger partial charge < -0.3 is 9.13 Å². The molecule has 0 saturated heterocycles. The van der Waals surface area contributed by atoms with Crippen molar-refractivity contribution < 1.29 is 20.1 Å². The molecule has 30 heavy (non-hydrogen) atoms. The largest absolute Gasteiger partial charge is 0.352 e. The van der Waals surface area contributed by atoms with E-state index in [0.717, 1.165) is 28.1 Å². The van der Waals surface area contributed by atoms with Crippen LogP contribution < -0.4 is 0 Å². The molecule has 151 valence electrons. The molecule has 0 aliphatic heterocycles. The number of fused-ring (bicyclic) bond motifs is 1. The standard InChI is InChI=1S/C25H21N4.Ir/c1-17-13-21(19-7-5-4-6-8-19)14-18(2)24(17)29-12-11-26-25(29)20-9-10-22-23(15-20)28(3)16-27-22;/h4-8,10-16H,1-3H3;/q-1;. The zero-order chi connectivity index (χ0) is 20.0. The monoisotopic (exact) mass is 570 g/mol. The van der Waals surface area contributed by atoms with Crippen molar-refractivity contribution in [1.29, 1.82) is 0 Å². The maximum Gasteiger partial charge on any atom is 0.0833 e. The first-order chi connectivity index (χ1) is 14.1. The molecule has 5 heteroatoms. The number of aromatic nitrogens is 4. The van der Waals surface area contributed by atoms with Crippen LogP contribution >= 0.6 is 0 Å². The van der Waals surface area contributed by atoms with Crippen molar-refractivity contribution in [1.82, 2.24) is 19.1 Å². The van der Waals surface area contributed by atoms with Crippen molar-refractivity contribution in [3.8, 4) is 28.2 Å². The van der Waals surface area contributed by atoms with Crippen LogP contribution in [0.15, 0.2) is 73.3 Å². The molecule has 0 atom stereocenters. The summed E-state index contributed by atoms with van der Waals surface area (Å²) in [6, 6.07) is 22.4. The Hall–Kier alpha value is -3.01. The second kappa shape index (κ2) is 8.02. The summed E-state index contributed by atoms with van der Waals surface area (Å²) >= 11 is 0. The quantitative estimate of drug-likeness (QED) is 0.269. The van der Waals surface area contributed by atoms with Crippen molar-refractivity contribution in [2.24, 2.45) is 7.05 Å². The van der Waals surface area contributed by atoms with Gasteiger partial charge in [0.1, 0.15) is 0 Å². The van der Waals surface area contributed by atoms with E-state index in [1.54, 1.807) is 0 Å². The third-order valence-corrected chi connectivity index (χ3v) is 5.38. The van der Waals surface area contributed by atoms with Gasteiger partial charge in [-0.25, -0.2) is 0 Å². The molecule has 5 aromatic rings. The molecule has 0 spiro atoms. The van der Waals surface area contributed by atoms with E-state index >= 15 is 0 Å². The van der Waals surface area contributed by atoms with Crippen LogP contribution in [0, 0.1) is 19.9 Å². The topological polar surface area (TPSA) is 35.6 Å². The summed E-state index contributed by atoms with van der Waals surface area (Å²) in [4.78, 5) is 9.04. The maximum atomic E-state index is 4.65. The Labute approximate surface area is 189 Å². The van der Waals surface area contributed by atoms with Crippen LogP contribution in [0.4, 0.5) is 0 Å². The molecule has 0 fully saturated rings. The van der Waals surface area contributed by atoms with E-state index in [1.165, 1.54) is 22.3 Å². The van der Waals surface area contributed by atoms with Crippen LogP contribution in [0.5, 0.6) is 0 Å².